The van der Waals surface area contributed by atoms with Crippen LogP contribution in [-0.2, 0) is 0 Å². The van der Waals surface area contributed by atoms with Crippen LogP contribution in [0.1, 0.15) is 30.6 Å². The summed E-state index contributed by atoms with van der Waals surface area (Å²) in [6.07, 6.45) is 2.30. The van der Waals surface area contributed by atoms with E-state index >= 15 is 0 Å². The molecule has 3 heterocycles. The Morgan fingerprint density at radius 2 is 2.00 bits per heavy atom. The quantitative estimate of drug-likeness (QED) is 0.629. The minimum absolute atomic E-state index is 0.504. The fourth-order valence-electron chi connectivity index (χ4n) is 3.00. The lowest BCUT2D eigenvalue weighted by atomic mass is 10.1. The maximum Gasteiger partial charge on any atom is 0.191 e. The number of anilines is 1. The number of hydrogen-bond donors (Lipinski definition) is 2. The molecule has 24 heavy (non-hydrogen) atoms. The molecule has 0 amide bonds. The maximum absolute atomic E-state index is 4.39. The maximum atomic E-state index is 4.39. The number of aliphatic imine (C=N–C) groups is 1. The number of rotatable bonds is 5. The van der Waals surface area contributed by atoms with E-state index < -0.39 is 0 Å². The van der Waals surface area contributed by atoms with E-state index in [9.17, 15) is 0 Å². The average molecular weight is 363 g/mol. The molecule has 0 radical (unpaired) electrons. The molecule has 3 rings (SSSR count). The molecule has 0 aromatic carbocycles. The van der Waals surface area contributed by atoms with Crippen molar-refractivity contribution in [3.63, 3.8) is 0 Å². The second kappa shape index (κ2) is 8.53. The van der Waals surface area contributed by atoms with E-state index in [1.165, 1.54) is 9.88 Å². The summed E-state index contributed by atoms with van der Waals surface area (Å²) in [5.41, 5.74) is 0. The van der Waals surface area contributed by atoms with Crippen LogP contribution in [0.15, 0.2) is 40.0 Å². The first kappa shape index (κ1) is 17.3. The molecule has 2 aromatic rings. The summed E-state index contributed by atoms with van der Waals surface area (Å²) in [5.74, 6) is 1.43. The first-order chi connectivity index (χ1) is 11.8. The molecule has 130 valence electrons. The number of piperidine rings is 1. The van der Waals surface area contributed by atoms with Crippen molar-refractivity contribution in [2.75, 3.05) is 31.6 Å². The topological polar surface area (TPSA) is 39.7 Å². The van der Waals surface area contributed by atoms with Crippen LogP contribution < -0.4 is 15.5 Å². The molecular weight excluding hydrogens is 336 g/mol. The summed E-state index contributed by atoms with van der Waals surface area (Å²) in [7, 11) is 1.85. The normalized spacial score (nSPS) is 17.8. The van der Waals surface area contributed by atoms with Gasteiger partial charge in [0.2, 0.25) is 0 Å². The molecule has 0 spiro atoms. The fourth-order valence-corrected chi connectivity index (χ4v) is 4.58. The van der Waals surface area contributed by atoms with Crippen LogP contribution >= 0.6 is 22.7 Å². The molecule has 1 aliphatic rings. The van der Waals surface area contributed by atoms with Crippen molar-refractivity contribution in [3.8, 4) is 0 Å². The number of hydrogen-bond acceptors (Lipinski definition) is 4. The number of thiophene rings is 2. The van der Waals surface area contributed by atoms with Gasteiger partial charge in [0.05, 0.1) is 5.00 Å². The number of nitrogens with one attached hydrogen (secondary N) is 2. The van der Waals surface area contributed by atoms with Gasteiger partial charge in [-0.2, -0.15) is 0 Å². The van der Waals surface area contributed by atoms with Crippen LogP contribution in [0.4, 0.5) is 5.00 Å². The standard InChI is InChI=1S/C18H26N4S2/c1-14(16-5-3-11-23-16)13-20-18(19-2)21-15-7-9-22(10-8-15)17-6-4-12-24-17/h3-6,11-12,14-15H,7-10,13H2,1-2H3,(H2,19,20,21). The predicted molar refractivity (Wildman–Crippen MR) is 107 cm³/mol. The first-order valence-electron chi connectivity index (χ1n) is 8.55. The highest BCUT2D eigenvalue weighted by Gasteiger charge is 2.20. The Balaban J connectivity index is 1.43. The van der Waals surface area contributed by atoms with Crippen molar-refractivity contribution in [1.82, 2.24) is 10.6 Å². The lowest BCUT2D eigenvalue weighted by Gasteiger charge is -2.33. The molecule has 1 atom stereocenters. The monoisotopic (exact) mass is 362 g/mol. The number of guanidine groups is 1. The molecule has 2 N–H and O–H groups in total. The Hall–Kier alpha value is -1.53. The Kier molecular flexibility index (Phi) is 6.15. The molecule has 2 aromatic heterocycles. The average Bonchev–Trinajstić information content (AvgIpc) is 3.32. The van der Waals surface area contributed by atoms with Crippen LogP contribution in [0.3, 0.4) is 0 Å². The van der Waals surface area contributed by atoms with E-state index in [4.69, 9.17) is 0 Å². The van der Waals surface area contributed by atoms with Gasteiger partial charge in [0, 0.05) is 43.5 Å². The van der Waals surface area contributed by atoms with E-state index in [1.807, 2.05) is 29.7 Å². The largest absolute Gasteiger partial charge is 0.363 e. The van der Waals surface area contributed by atoms with Crippen molar-refractivity contribution in [1.29, 1.82) is 0 Å². The molecular formula is C18H26N4S2. The van der Waals surface area contributed by atoms with Crippen LogP contribution in [-0.4, -0.2) is 38.7 Å². The highest BCUT2D eigenvalue weighted by molar-refractivity contribution is 7.14. The molecule has 0 bridgehead atoms. The zero-order valence-electron chi connectivity index (χ0n) is 14.4. The molecule has 4 nitrogen and oxygen atoms in total. The zero-order valence-corrected chi connectivity index (χ0v) is 16.0. The van der Waals surface area contributed by atoms with Crippen LogP contribution in [0.2, 0.25) is 0 Å². The SMILES string of the molecule is CN=C(NCC(C)c1cccs1)NC1CCN(c2cccs2)CC1. The van der Waals surface area contributed by atoms with E-state index in [0.717, 1.165) is 38.4 Å². The molecule has 1 fully saturated rings. The second-order valence-corrected chi connectivity index (χ2v) is 8.13. The van der Waals surface area contributed by atoms with Gasteiger partial charge in [-0.3, -0.25) is 4.99 Å². The van der Waals surface area contributed by atoms with Gasteiger partial charge in [0.1, 0.15) is 0 Å². The van der Waals surface area contributed by atoms with Gasteiger partial charge in [-0.25, -0.2) is 0 Å². The van der Waals surface area contributed by atoms with Crippen molar-refractivity contribution in [2.45, 2.75) is 31.7 Å². The van der Waals surface area contributed by atoms with Gasteiger partial charge in [-0.15, -0.1) is 22.7 Å². The highest BCUT2D eigenvalue weighted by atomic mass is 32.1. The Morgan fingerprint density at radius 1 is 1.25 bits per heavy atom. The minimum Gasteiger partial charge on any atom is -0.363 e. The summed E-state index contributed by atoms with van der Waals surface area (Å²) in [6, 6.07) is 9.17. The second-order valence-electron chi connectivity index (χ2n) is 6.23. The van der Waals surface area contributed by atoms with E-state index in [0.29, 0.717) is 12.0 Å². The van der Waals surface area contributed by atoms with E-state index in [-0.39, 0.29) is 0 Å². The van der Waals surface area contributed by atoms with Crippen LogP contribution in [0, 0.1) is 0 Å². The summed E-state index contributed by atoms with van der Waals surface area (Å²) >= 11 is 3.65. The third-order valence-corrected chi connectivity index (χ3v) is 6.51. The first-order valence-corrected chi connectivity index (χ1v) is 10.3. The molecule has 0 saturated carbocycles. The van der Waals surface area contributed by atoms with Crippen molar-refractivity contribution >= 4 is 33.6 Å². The zero-order chi connectivity index (χ0) is 16.8. The predicted octanol–water partition coefficient (Wildman–Crippen LogP) is 3.75. The molecule has 1 saturated heterocycles. The van der Waals surface area contributed by atoms with Gasteiger partial charge in [-0.05, 0) is 41.8 Å². The Bertz CT molecular complexity index is 614. The smallest absolute Gasteiger partial charge is 0.191 e. The summed E-state index contributed by atoms with van der Waals surface area (Å²) in [5, 5.41) is 12.8. The van der Waals surface area contributed by atoms with Crippen molar-refractivity contribution < 1.29 is 0 Å². The van der Waals surface area contributed by atoms with E-state index in [2.05, 4.69) is 62.5 Å². The van der Waals surface area contributed by atoms with Gasteiger partial charge in [0.15, 0.2) is 5.96 Å². The third-order valence-electron chi connectivity index (χ3n) is 4.48. The van der Waals surface area contributed by atoms with Gasteiger partial charge in [0.25, 0.3) is 0 Å². The third kappa shape index (κ3) is 4.51. The number of nitrogens with zero attached hydrogens (tertiary/aromatic N) is 2. The minimum atomic E-state index is 0.504. The lowest BCUT2D eigenvalue weighted by molar-refractivity contribution is 0.462. The lowest BCUT2D eigenvalue weighted by Crippen LogP contribution is -2.49. The Morgan fingerprint density at radius 3 is 2.62 bits per heavy atom. The Labute approximate surface area is 152 Å². The van der Waals surface area contributed by atoms with Gasteiger partial charge >= 0.3 is 0 Å². The van der Waals surface area contributed by atoms with Crippen LogP contribution in [0.25, 0.3) is 0 Å². The van der Waals surface area contributed by atoms with Crippen molar-refractivity contribution in [2.24, 2.45) is 4.99 Å². The molecule has 1 aliphatic heterocycles. The van der Waals surface area contributed by atoms with Gasteiger partial charge in [-0.1, -0.05) is 13.0 Å². The van der Waals surface area contributed by atoms with Crippen LogP contribution in [0.5, 0.6) is 0 Å². The summed E-state index contributed by atoms with van der Waals surface area (Å²) in [4.78, 5) is 8.29. The van der Waals surface area contributed by atoms with E-state index in [1.54, 1.807) is 0 Å². The summed E-state index contributed by atoms with van der Waals surface area (Å²) in [6.45, 7) is 5.39. The highest BCUT2D eigenvalue weighted by Crippen LogP contribution is 2.24. The van der Waals surface area contributed by atoms with Crippen molar-refractivity contribution in [3.05, 3.63) is 39.9 Å². The van der Waals surface area contributed by atoms with Gasteiger partial charge < -0.3 is 15.5 Å². The fraction of sp³-hybridized carbons (Fsp3) is 0.500. The molecule has 0 aliphatic carbocycles. The molecule has 1 unspecified atom stereocenters. The molecule has 6 heteroatoms. The summed E-state index contributed by atoms with van der Waals surface area (Å²) < 4.78 is 0.